The third kappa shape index (κ3) is 17.4. The smallest absolute Gasteiger partial charge is 0.693 e. The van der Waals surface area contributed by atoms with Crippen LogP contribution < -0.4 is 62.4 Å². The van der Waals surface area contributed by atoms with Crippen molar-refractivity contribution in [2.45, 2.75) is 32.6 Å². The molecule has 0 aromatic heterocycles. The third-order valence-corrected chi connectivity index (χ3v) is 2.08. The van der Waals surface area contributed by atoms with Gasteiger partial charge in [0.1, 0.15) is 1.41 Å². The van der Waals surface area contributed by atoms with Crippen LogP contribution in [0.5, 0.6) is 0 Å². The maximum absolute atomic E-state index is 10.8. The van der Waals surface area contributed by atoms with Crippen molar-refractivity contribution >= 4 is 5.91 Å². The largest absolute Gasteiger partial charge is 1.00 e. The van der Waals surface area contributed by atoms with Crippen molar-refractivity contribution in [3.63, 3.8) is 0 Å². The normalized spacial score (nSPS) is 10.8. The van der Waals surface area contributed by atoms with Gasteiger partial charge in [-0.1, -0.05) is 13.3 Å². The number of primary amides is 1. The maximum Gasteiger partial charge on any atom is 1.00 e. The zero-order valence-corrected chi connectivity index (χ0v) is 14.7. The van der Waals surface area contributed by atoms with E-state index in [2.05, 4.69) is 0 Å². The third-order valence-electron chi connectivity index (χ3n) is 2.08. The van der Waals surface area contributed by atoms with Crippen LogP contribution in [0.15, 0.2) is 0 Å². The molecule has 96 valence electrons. The number of amides is 1. The van der Waals surface area contributed by atoms with Gasteiger partial charge in [0.2, 0.25) is 5.91 Å². The van der Waals surface area contributed by atoms with Gasteiger partial charge in [-0.15, -0.1) is 0 Å². The summed E-state index contributed by atoms with van der Waals surface area (Å²) >= 11 is 0. The van der Waals surface area contributed by atoms with Gasteiger partial charge in [-0.3, -0.25) is 4.79 Å². The van der Waals surface area contributed by atoms with E-state index in [0.717, 1.165) is 32.2 Å². The number of carbonyl (C=O) groups is 1. The molecule has 1 amide bonds. The van der Waals surface area contributed by atoms with Crippen LogP contribution in [-0.2, 0) is 4.79 Å². The minimum absolute atomic E-state index is 0. The molecule has 0 fully saturated rings. The van der Waals surface area contributed by atoms with Gasteiger partial charge in [0, 0.05) is 5.92 Å². The second kappa shape index (κ2) is 21.3. The van der Waals surface area contributed by atoms with Gasteiger partial charge in [0.25, 0.3) is 0 Å². The van der Waals surface area contributed by atoms with E-state index in [1.54, 1.807) is 7.05 Å². The fourth-order valence-electron chi connectivity index (χ4n) is 1.21. The van der Waals surface area contributed by atoms with Crippen molar-refractivity contribution < 1.29 is 57.6 Å². The first-order valence-electron chi connectivity index (χ1n) is 5.02. The summed E-state index contributed by atoms with van der Waals surface area (Å²) < 4.78 is 7.13. The standard InChI is InChI=1S/C9H20N2O.2CH3.K.H2N/c1-3-8(9(10)12)6-4-5-7-11-2;;;;/h8,11H,3-7H2,1-2H3,(H2,10,12);2*1H3;;1H2/q;2*-1;+1;-1/i/hD. The number of hydrogen-bond donors (Lipinski definition) is 2. The Morgan fingerprint density at radius 2 is 1.94 bits per heavy atom. The Morgan fingerprint density at radius 3 is 2.25 bits per heavy atom. The quantitative estimate of drug-likeness (QED) is 0.367. The van der Waals surface area contributed by atoms with E-state index in [9.17, 15) is 4.79 Å². The second-order valence-electron chi connectivity index (χ2n) is 3.04. The molecule has 0 saturated heterocycles. The summed E-state index contributed by atoms with van der Waals surface area (Å²) in [5.41, 5.74) is 5.20. The monoisotopic (exact) mass is 258 g/mol. The van der Waals surface area contributed by atoms with Gasteiger partial charge < -0.3 is 32.0 Å². The molecule has 0 aromatic rings. The van der Waals surface area contributed by atoms with Crippen molar-refractivity contribution in [2.75, 3.05) is 13.6 Å². The fourth-order valence-corrected chi connectivity index (χ4v) is 1.21. The number of unbranched alkanes of at least 4 members (excludes halogenated alkanes) is 1. The van der Waals surface area contributed by atoms with E-state index in [4.69, 9.17) is 7.15 Å². The van der Waals surface area contributed by atoms with E-state index in [1.807, 2.05) is 6.92 Å². The van der Waals surface area contributed by atoms with E-state index in [-0.39, 0.29) is 84.2 Å². The molecule has 5 N–H and O–H groups in total. The van der Waals surface area contributed by atoms with E-state index in [1.165, 1.54) is 5.31 Å². The molecule has 0 saturated carbocycles. The summed E-state index contributed by atoms with van der Waals surface area (Å²) in [4.78, 5) is 10.8. The van der Waals surface area contributed by atoms with Gasteiger partial charge in [0.15, 0.2) is 0 Å². The number of hydrogen-bond acceptors (Lipinski definition) is 2. The number of nitrogens with one attached hydrogen (secondary N) is 1. The van der Waals surface area contributed by atoms with Crippen LogP contribution in [0.25, 0.3) is 6.15 Å². The molecule has 0 spiro atoms. The molecule has 0 radical (unpaired) electrons. The SMILES string of the molecule is [2H]N(C)CCCCC(CC)C(N)=O.[CH3-].[CH3-].[K+].[NH2-]. The predicted molar refractivity (Wildman–Crippen MR) is 68.9 cm³/mol. The molecule has 0 heterocycles. The molecule has 0 bridgehead atoms. The Morgan fingerprint density at radius 1 is 1.44 bits per heavy atom. The Labute approximate surface area is 146 Å². The van der Waals surface area contributed by atoms with Crippen LogP contribution in [0, 0.1) is 20.8 Å². The summed E-state index contributed by atoms with van der Waals surface area (Å²) in [6.07, 6.45) is 3.63. The predicted octanol–water partition coefficient (Wildman–Crippen LogP) is -0.491. The maximum atomic E-state index is 10.8. The molecule has 0 aromatic carbocycles. The molecule has 1 atom stereocenters. The summed E-state index contributed by atoms with van der Waals surface area (Å²) in [7, 11) is 1.73. The second-order valence-corrected chi connectivity index (χ2v) is 3.04. The summed E-state index contributed by atoms with van der Waals surface area (Å²) in [5, 5.41) is 1.41. The van der Waals surface area contributed by atoms with Gasteiger partial charge >= 0.3 is 51.4 Å². The Kier molecular flexibility index (Phi) is 34.3. The molecule has 0 rings (SSSR count). The van der Waals surface area contributed by atoms with Crippen LogP contribution in [-0.4, -0.2) is 19.5 Å². The summed E-state index contributed by atoms with van der Waals surface area (Å²) in [6.45, 7) is 2.74. The molecule has 4 nitrogen and oxygen atoms in total. The van der Waals surface area contributed by atoms with Crippen molar-refractivity contribution in [3.05, 3.63) is 21.0 Å². The van der Waals surface area contributed by atoms with Crippen LogP contribution in [0.4, 0.5) is 0 Å². The van der Waals surface area contributed by atoms with Gasteiger partial charge in [0.05, 0.1) is 0 Å². The zero-order valence-electron chi connectivity index (χ0n) is 12.6. The van der Waals surface area contributed by atoms with Crippen molar-refractivity contribution in [1.82, 2.24) is 5.31 Å². The fraction of sp³-hybridized carbons (Fsp3) is 0.727. The minimum Gasteiger partial charge on any atom is -0.693 e. The van der Waals surface area contributed by atoms with Crippen molar-refractivity contribution in [1.29, 1.82) is 0 Å². The first-order valence-corrected chi connectivity index (χ1v) is 4.57. The summed E-state index contributed by atoms with van der Waals surface area (Å²) in [5.74, 6) is -0.169. The number of rotatable bonds is 7. The van der Waals surface area contributed by atoms with Gasteiger partial charge in [-0.2, -0.15) is 0 Å². The Balaban J connectivity index is -0.000000120. The van der Waals surface area contributed by atoms with Gasteiger partial charge in [-0.25, -0.2) is 0 Å². The van der Waals surface area contributed by atoms with Crippen molar-refractivity contribution in [3.8, 4) is 0 Å². The van der Waals surface area contributed by atoms with Gasteiger partial charge in [-0.05, 0) is 32.9 Å². The van der Waals surface area contributed by atoms with Crippen LogP contribution in [0.1, 0.15) is 32.6 Å². The first kappa shape index (κ1) is 25.8. The Hall–Kier alpha value is 1.03. The molecule has 0 aliphatic carbocycles. The molecular weight excluding hydrogens is 229 g/mol. The average Bonchev–Trinajstić information content (AvgIpc) is 2.03. The number of nitrogens with two attached hydrogens (primary N) is 2. The molecule has 0 aliphatic rings. The molecule has 0 aliphatic heterocycles. The van der Waals surface area contributed by atoms with Crippen molar-refractivity contribution in [2.24, 2.45) is 11.7 Å². The van der Waals surface area contributed by atoms with E-state index >= 15 is 0 Å². The van der Waals surface area contributed by atoms with Crippen LogP contribution in [0.2, 0.25) is 1.41 Å². The van der Waals surface area contributed by atoms with E-state index in [0.29, 0.717) is 0 Å². The minimum atomic E-state index is -0.193. The zero-order chi connectivity index (χ0) is 10.3. The molecule has 1 unspecified atom stereocenters. The first-order chi connectivity index (χ1) is 6.07. The molecular formula is C11H28KN3O-2. The topological polar surface area (TPSA) is 88.6 Å². The molecule has 16 heavy (non-hydrogen) atoms. The summed E-state index contributed by atoms with van der Waals surface area (Å²) in [6, 6.07) is 0. The molecule has 5 heteroatoms. The van der Waals surface area contributed by atoms with Crippen LogP contribution >= 0.6 is 0 Å². The average molecular weight is 258 g/mol. The van der Waals surface area contributed by atoms with E-state index < -0.39 is 0 Å². The number of carbonyl (C=O) groups excluding carboxylic acids is 1. The Bertz CT molecular complexity index is 160. The van der Waals surface area contributed by atoms with Crippen LogP contribution in [0.3, 0.4) is 0 Å².